The van der Waals surface area contributed by atoms with Gasteiger partial charge in [-0.15, -0.1) is 0 Å². The molecule has 168 valence electrons. The molecular weight excluding hydrogens is 420 g/mol. The van der Waals surface area contributed by atoms with Gasteiger partial charge in [0, 0.05) is 11.3 Å². The summed E-state index contributed by atoms with van der Waals surface area (Å²) in [5.74, 6) is -0.270. The number of sulfonamides is 1. The van der Waals surface area contributed by atoms with Crippen molar-refractivity contribution >= 4 is 21.6 Å². The van der Waals surface area contributed by atoms with Crippen molar-refractivity contribution in [2.75, 3.05) is 4.72 Å². The number of benzene rings is 3. The molecule has 32 heavy (non-hydrogen) atoms. The molecule has 0 radical (unpaired) electrons. The van der Waals surface area contributed by atoms with Crippen LogP contribution in [-0.4, -0.2) is 14.3 Å². The largest absolute Gasteiger partial charge is 0.346 e. The average Bonchev–Trinajstić information content (AvgIpc) is 2.73. The fraction of sp³-hybridized carbons (Fsp3) is 0.269. The summed E-state index contributed by atoms with van der Waals surface area (Å²) in [6.45, 7) is 10.3. The van der Waals surface area contributed by atoms with Crippen LogP contribution >= 0.6 is 0 Å². The van der Waals surface area contributed by atoms with Crippen molar-refractivity contribution in [2.24, 2.45) is 0 Å². The number of hydrogen-bond donors (Lipinski definition) is 2. The Labute approximate surface area is 190 Å². The lowest BCUT2D eigenvalue weighted by Crippen LogP contribution is -2.27. The highest BCUT2D eigenvalue weighted by molar-refractivity contribution is 7.92. The second kappa shape index (κ2) is 9.17. The predicted molar refractivity (Wildman–Crippen MR) is 129 cm³/mol. The van der Waals surface area contributed by atoms with E-state index < -0.39 is 10.0 Å². The minimum absolute atomic E-state index is 0.0668. The van der Waals surface area contributed by atoms with Crippen LogP contribution in [0.5, 0.6) is 0 Å². The number of hydrogen-bond acceptors (Lipinski definition) is 3. The summed E-state index contributed by atoms with van der Waals surface area (Å²) in [5, 5.41) is 2.98. The molecule has 0 aliphatic carbocycles. The minimum Gasteiger partial charge on any atom is -0.346 e. The third-order valence-electron chi connectivity index (χ3n) is 5.33. The van der Waals surface area contributed by atoms with Crippen molar-refractivity contribution < 1.29 is 13.2 Å². The topological polar surface area (TPSA) is 75.3 Å². The normalized spacial score (nSPS) is 12.8. The van der Waals surface area contributed by atoms with Crippen molar-refractivity contribution in [3.8, 4) is 0 Å². The molecule has 3 aromatic rings. The summed E-state index contributed by atoms with van der Waals surface area (Å²) in [4.78, 5) is 13.0. The molecule has 0 fully saturated rings. The molecule has 0 bridgehead atoms. The lowest BCUT2D eigenvalue weighted by atomic mass is 9.86. The summed E-state index contributed by atoms with van der Waals surface area (Å²) in [5.41, 5.74) is 3.99. The standard InChI is InChI=1S/C26H30N2O3S/c1-18-9-15-24(16-10-18)32(30,31)28-23-8-6-7-21(17-23)25(29)27-19(2)20-11-13-22(14-12-20)26(3,4)5/h6-17,19,28H,1-5H3,(H,27,29)/t19-/m1/s1. The molecular formula is C26H30N2O3S. The summed E-state index contributed by atoms with van der Waals surface area (Å²) in [6.07, 6.45) is 0. The molecule has 0 aromatic heterocycles. The van der Waals surface area contributed by atoms with Crippen LogP contribution in [0.1, 0.15) is 60.8 Å². The van der Waals surface area contributed by atoms with Crippen LogP contribution in [0.3, 0.4) is 0 Å². The third kappa shape index (κ3) is 5.77. The van der Waals surface area contributed by atoms with Gasteiger partial charge in [-0.2, -0.15) is 0 Å². The first-order valence-electron chi connectivity index (χ1n) is 10.6. The molecule has 0 saturated heterocycles. The van der Waals surface area contributed by atoms with E-state index in [1.54, 1.807) is 42.5 Å². The van der Waals surface area contributed by atoms with Crippen LogP contribution in [0.4, 0.5) is 5.69 Å². The van der Waals surface area contributed by atoms with E-state index in [1.165, 1.54) is 11.6 Å². The van der Waals surface area contributed by atoms with E-state index in [9.17, 15) is 13.2 Å². The number of aryl methyl sites for hydroxylation is 1. The van der Waals surface area contributed by atoms with Gasteiger partial charge in [-0.3, -0.25) is 9.52 Å². The van der Waals surface area contributed by atoms with Gasteiger partial charge in [0.25, 0.3) is 15.9 Å². The number of rotatable bonds is 6. The van der Waals surface area contributed by atoms with E-state index in [0.29, 0.717) is 11.3 Å². The molecule has 5 nitrogen and oxygen atoms in total. The summed E-state index contributed by atoms with van der Waals surface area (Å²) in [7, 11) is -3.74. The Hall–Kier alpha value is -3.12. The van der Waals surface area contributed by atoms with E-state index >= 15 is 0 Å². The summed E-state index contributed by atoms with van der Waals surface area (Å²) < 4.78 is 27.8. The highest BCUT2D eigenvalue weighted by Gasteiger charge is 2.17. The van der Waals surface area contributed by atoms with Crippen LogP contribution in [0, 0.1) is 6.92 Å². The van der Waals surface area contributed by atoms with Crippen molar-refractivity contribution in [1.82, 2.24) is 5.32 Å². The van der Waals surface area contributed by atoms with E-state index in [2.05, 4.69) is 42.9 Å². The quantitative estimate of drug-likeness (QED) is 0.514. The van der Waals surface area contributed by atoms with Gasteiger partial charge in [-0.1, -0.05) is 68.8 Å². The molecule has 0 saturated carbocycles. The Morgan fingerprint density at radius 2 is 1.53 bits per heavy atom. The number of nitrogens with one attached hydrogen (secondary N) is 2. The molecule has 0 unspecified atom stereocenters. The zero-order chi connectivity index (χ0) is 23.5. The fourth-order valence-electron chi connectivity index (χ4n) is 3.29. The van der Waals surface area contributed by atoms with Gasteiger partial charge in [-0.25, -0.2) is 8.42 Å². The minimum atomic E-state index is -3.74. The lowest BCUT2D eigenvalue weighted by molar-refractivity contribution is 0.0940. The van der Waals surface area contributed by atoms with Gasteiger partial charge in [0.15, 0.2) is 0 Å². The van der Waals surface area contributed by atoms with Crippen molar-refractivity contribution in [3.63, 3.8) is 0 Å². The van der Waals surface area contributed by atoms with Crippen LogP contribution in [0.2, 0.25) is 0 Å². The maximum absolute atomic E-state index is 12.8. The van der Waals surface area contributed by atoms with E-state index in [4.69, 9.17) is 0 Å². The van der Waals surface area contributed by atoms with E-state index in [0.717, 1.165) is 11.1 Å². The zero-order valence-corrected chi connectivity index (χ0v) is 20.0. The molecule has 1 atom stereocenters. The number of carbonyl (C=O) groups is 1. The molecule has 0 aliphatic rings. The maximum Gasteiger partial charge on any atom is 0.261 e. The molecule has 3 rings (SSSR count). The third-order valence-corrected chi connectivity index (χ3v) is 6.73. The zero-order valence-electron chi connectivity index (χ0n) is 19.1. The number of carbonyl (C=O) groups excluding carboxylic acids is 1. The van der Waals surface area contributed by atoms with Gasteiger partial charge in [-0.05, 0) is 60.7 Å². The van der Waals surface area contributed by atoms with Gasteiger partial charge < -0.3 is 5.32 Å². The summed E-state index contributed by atoms with van der Waals surface area (Å²) in [6, 6.07) is 21.1. The lowest BCUT2D eigenvalue weighted by Gasteiger charge is -2.21. The first-order chi connectivity index (χ1) is 15.0. The first kappa shape index (κ1) is 23.5. The Morgan fingerprint density at radius 3 is 2.12 bits per heavy atom. The Kier molecular flexibility index (Phi) is 6.74. The number of amides is 1. The second-order valence-corrected chi connectivity index (χ2v) is 10.7. The highest BCUT2D eigenvalue weighted by atomic mass is 32.2. The van der Waals surface area contributed by atoms with Gasteiger partial charge >= 0.3 is 0 Å². The summed E-state index contributed by atoms with van der Waals surface area (Å²) >= 11 is 0. The van der Waals surface area contributed by atoms with E-state index in [-0.39, 0.29) is 22.3 Å². The monoisotopic (exact) mass is 450 g/mol. The maximum atomic E-state index is 12.8. The van der Waals surface area contributed by atoms with Crippen LogP contribution in [0.15, 0.2) is 77.7 Å². The highest BCUT2D eigenvalue weighted by Crippen LogP contribution is 2.24. The molecule has 0 spiro atoms. The Morgan fingerprint density at radius 1 is 0.906 bits per heavy atom. The molecule has 0 heterocycles. The predicted octanol–water partition coefficient (Wildman–Crippen LogP) is 5.58. The Balaban J connectivity index is 1.71. The smallest absolute Gasteiger partial charge is 0.261 e. The number of anilines is 1. The van der Waals surface area contributed by atoms with Crippen molar-refractivity contribution in [2.45, 2.75) is 51.0 Å². The van der Waals surface area contributed by atoms with Crippen LogP contribution < -0.4 is 10.0 Å². The van der Waals surface area contributed by atoms with Crippen molar-refractivity contribution in [1.29, 1.82) is 0 Å². The molecule has 1 amide bonds. The van der Waals surface area contributed by atoms with E-state index in [1.807, 2.05) is 26.0 Å². The Bertz CT molecular complexity index is 1190. The van der Waals surface area contributed by atoms with Gasteiger partial charge in [0.2, 0.25) is 0 Å². The fourth-order valence-corrected chi connectivity index (χ4v) is 4.34. The molecule has 2 N–H and O–H groups in total. The second-order valence-electron chi connectivity index (χ2n) is 9.07. The molecule has 3 aromatic carbocycles. The SMILES string of the molecule is Cc1ccc(S(=O)(=O)Nc2cccc(C(=O)N[C@H](C)c3ccc(C(C)(C)C)cc3)c2)cc1. The average molecular weight is 451 g/mol. The van der Waals surface area contributed by atoms with Crippen molar-refractivity contribution in [3.05, 3.63) is 95.1 Å². The van der Waals surface area contributed by atoms with Gasteiger partial charge in [0.05, 0.1) is 10.9 Å². The van der Waals surface area contributed by atoms with Crippen LogP contribution in [0.25, 0.3) is 0 Å². The molecule has 0 aliphatic heterocycles. The van der Waals surface area contributed by atoms with Crippen LogP contribution in [-0.2, 0) is 15.4 Å². The van der Waals surface area contributed by atoms with Gasteiger partial charge in [0.1, 0.15) is 0 Å². The molecule has 6 heteroatoms. The first-order valence-corrected chi connectivity index (χ1v) is 12.0.